The molecule has 0 amide bonds. The smallest absolute Gasteiger partial charge is 0.206 e. The standard InChI is InChI=1S/C13H14BrNO2S2/c1-10-8-12(18-13(10)14)19(16,17)15(2)9-11-6-4-3-5-7-11/h3-8H,9H2,1-2H3. The van der Waals surface area contributed by atoms with Gasteiger partial charge in [0.2, 0.25) is 0 Å². The number of hydrogen-bond donors (Lipinski definition) is 0. The molecule has 0 unspecified atom stereocenters. The van der Waals surface area contributed by atoms with Crippen molar-refractivity contribution in [2.75, 3.05) is 7.05 Å². The topological polar surface area (TPSA) is 37.4 Å². The molecule has 102 valence electrons. The largest absolute Gasteiger partial charge is 0.252 e. The maximum Gasteiger partial charge on any atom is 0.252 e. The highest BCUT2D eigenvalue weighted by Crippen LogP contribution is 2.32. The lowest BCUT2D eigenvalue weighted by Crippen LogP contribution is -2.25. The van der Waals surface area contributed by atoms with Gasteiger partial charge in [0.25, 0.3) is 10.0 Å². The minimum Gasteiger partial charge on any atom is -0.206 e. The van der Waals surface area contributed by atoms with Gasteiger partial charge in [0.1, 0.15) is 4.21 Å². The molecule has 0 N–H and O–H groups in total. The minimum absolute atomic E-state index is 0.371. The van der Waals surface area contributed by atoms with Crippen LogP contribution >= 0.6 is 27.3 Å². The van der Waals surface area contributed by atoms with Gasteiger partial charge in [-0.25, -0.2) is 8.42 Å². The van der Waals surface area contributed by atoms with E-state index >= 15 is 0 Å². The van der Waals surface area contributed by atoms with E-state index < -0.39 is 10.0 Å². The lowest BCUT2D eigenvalue weighted by Gasteiger charge is -2.15. The first kappa shape index (κ1) is 14.7. The van der Waals surface area contributed by atoms with E-state index in [1.165, 1.54) is 15.6 Å². The molecule has 0 radical (unpaired) electrons. The van der Waals surface area contributed by atoms with Crippen molar-refractivity contribution >= 4 is 37.3 Å². The molecule has 0 bridgehead atoms. The Balaban J connectivity index is 2.25. The van der Waals surface area contributed by atoms with Crippen molar-refractivity contribution in [2.45, 2.75) is 17.7 Å². The molecule has 19 heavy (non-hydrogen) atoms. The van der Waals surface area contributed by atoms with Crippen molar-refractivity contribution in [3.05, 3.63) is 51.3 Å². The lowest BCUT2D eigenvalue weighted by molar-refractivity contribution is 0.468. The van der Waals surface area contributed by atoms with Gasteiger partial charge in [-0.3, -0.25) is 0 Å². The molecule has 0 saturated heterocycles. The second-order valence-electron chi connectivity index (χ2n) is 4.27. The Bertz CT molecular complexity index is 646. The fraction of sp³-hybridized carbons (Fsp3) is 0.231. The van der Waals surface area contributed by atoms with Crippen LogP contribution in [0, 0.1) is 6.92 Å². The Kier molecular flexibility index (Phi) is 4.45. The van der Waals surface area contributed by atoms with E-state index in [1.54, 1.807) is 13.1 Å². The Morgan fingerprint density at radius 3 is 2.42 bits per heavy atom. The number of thiophene rings is 1. The maximum absolute atomic E-state index is 12.4. The molecule has 1 aromatic heterocycles. The van der Waals surface area contributed by atoms with Crippen LogP contribution in [0.4, 0.5) is 0 Å². The first-order chi connectivity index (χ1) is 8.91. The molecule has 0 aliphatic carbocycles. The van der Waals surface area contributed by atoms with Gasteiger partial charge in [-0.1, -0.05) is 30.3 Å². The SMILES string of the molecule is Cc1cc(S(=O)(=O)N(C)Cc2ccccc2)sc1Br. The van der Waals surface area contributed by atoms with Gasteiger partial charge in [0.05, 0.1) is 3.79 Å². The van der Waals surface area contributed by atoms with Gasteiger partial charge in [-0.15, -0.1) is 11.3 Å². The van der Waals surface area contributed by atoms with E-state index in [-0.39, 0.29) is 0 Å². The highest BCUT2D eigenvalue weighted by Gasteiger charge is 2.23. The lowest BCUT2D eigenvalue weighted by atomic mass is 10.2. The average molecular weight is 360 g/mol. The molecule has 0 aliphatic rings. The van der Waals surface area contributed by atoms with Gasteiger partial charge >= 0.3 is 0 Å². The van der Waals surface area contributed by atoms with E-state index in [1.807, 2.05) is 37.3 Å². The van der Waals surface area contributed by atoms with Crippen molar-refractivity contribution in [1.29, 1.82) is 0 Å². The molecular weight excluding hydrogens is 346 g/mol. The van der Waals surface area contributed by atoms with Crippen LogP contribution in [0.3, 0.4) is 0 Å². The molecule has 0 aliphatic heterocycles. The van der Waals surface area contributed by atoms with Crippen LogP contribution in [0.25, 0.3) is 0 Å². The number of halogens is 1. The third-order valence-electron chi connectivity index (χ3n) is 2.75. The summed E-state index contributed by atoms with van der Waals surface area (Å²) in [6.45, 7) is 2.26. The normalized spacial score (nSPS) is 12.0. The molecule has 1 heterocycles. The summed E-state index contributed by atoms with van der Waals surface area (Å²) in [7, 11) is -1.81. The van der Waals surface area contributed by atoms with Gasteiger partial charge in [-0.05, 0) is 40.0 Å². The molecule has 3 nitrogen and oxygen atoms in total. The second-order valence-corrected chi connectivity index (χ2v) is 8.91. The van der Waals surface area contributed by atoms with Gasteiger partial charge in [0.15, 0.2) is 0 Å². The summed E-state index contributed by atoms with van der Waals surface area (Å²) in [6.07, 6.45) is 0. The fourth-order valence-corrected chi connectivity index (χ4v) is 5.23. The van der Waals surface area contributed by atoms with E-state index in [9.17, 15) is 8.42 Å². The predicted molar refractivity (Wildman–Crippen MR) is 81.9 cm³/mol. The summed E-state index contributed by atoms with van der Waals surface area (Å²) in [6, 6.07) is 11.3. The van der Waals surface area contributed by atoms with Crippen LogP contribution in [-0.4, -0.2) is 19.8 Å². The van der Waals surface area contributed by atoms with Gasteiger partial charge in [-0.2, -0.15) is 4.31 Å². The molecule has 2 rings (SSSR count). The number of nitrogens with zero attached hydrogens (tertiary/aromatic N) is 1. The summed E-state index contributed by atoms with van der Waals surface area (Å²) >= 11 is 4.61. The summed E-state index contributed by atoms with van der Waals surface area (Å²) in [5.41, 5.74) is 1.91. The van der Waals surface area contributed by atoms with Crippen LogP contribution in [-0.2, 0) is 16.6 Å². The highest BCUT2D eigenvalue weighted by molar-refractivity contribution is 9.11. The number of rotatable bonds is 4. The molecule has 6 heteroatoms. The van der Waals surface area contributed by atoms with E-state index in [0.717, 1.165) is 14.9 Å². The van der Waals surface area contributed by atoms with Crippen molar-refractivity contribution in [3.8, 4) is 0 Å². The van der Waals surface area contributed by atoms with Crippen LogP contribution in [0.2, 0.25) is 0 Å². The predicted octanol–water partition coefficient (Wildman–Crippen LogP) is 3.64. The number of hydrogen-bond acceptors (Lipinski definition) is 3. The minimum atomic E-state index is -3.42. The van der Waals surface area contributed by atoms with Crippen molar-refractivity contribution in [1.82, 2.24) is 4.31 Å². The first-order valence-corrected chi connectivity index (χ1v) is 8.72. The van der Waals surface area contributed by atoms with E-state index in [4.69, 9.17) is 0 Å². The van der Waals surface area contributed by atoms with Crippen LogP contribution < -0.4 is 0 Å². The zero-order valence-electron chi connectivity index (χ0n) is 10.6. The Hall–Kier alpha value is -0.690. The molecule has 0 atom stereocenters. The monoisotopic (exact) mass is 359 g/mol. The Labute approximate surface area is 126 Å². The van der Waals surface area contributed by atoms with E-state index in [2.05, 4.69) is 15.9 Å². The number of benzene rings is 1. The second kappa shape index (κ2) is 5.75. The molecule has 1 aromatic carbocycles. The average Bonchev–Trinajstić information content (AvgIpc) is 2.71. The Morgan fingerprint density at radius 1 is 1.26 bits per heavy atom. The summed E-state index contributed by atoms with van der Waals surface area (Å²) in [5, 5.41) is 0. The molecule has 0 fully saturated rings. The molecule has 0 saturated carbocycles. The summed E-state index contributed by atoms with van der Waals surface area (Å²) < 4.78 is 27.4. The number of aryl methyl sites for hydroxylation is 1. The Morgan fingerprint density at radius 2 is 1.89 bits per heavy atom. The van der Waals surface area contributed by atoms with Crippen molar-refractivity contribution < 1.29 is 8.42 Å². The third-order valence-corrected chi connectivity index (χ3v) is 7.14. The first-order valence-electron chi connectivity index (χ1n) is 5.67. The van der Waals surface area contributed by atoms with Crippen LogP contribution in [0.5, 0.6) is 0 Å². The van der Waals surface area contributed by atoms with Gasteiger partial charge < -0.3 is 0 Å². The zero-order chi connectivity index (χ0) is 14.0. The van der Waals surface area contributed by atoms with Crippen LogP contribution in [0.1, 0.15) is 11.1 Å². The van der Waals surface area contributed by atoms with Gasteiger partial charge in [0, 0.05) is 13.6 Å². The maximum atomic E-state index is 12.4. The quantitative estimate of drug-likeness (QED) is 0.835. The molecule has 2 aromatic rings. The third kappa shape index (κ3) is 3.25. The summed E-state index contributed by atoms with van der Waals surface area (Å²) in [5.74, 6) is 0. The number of sulfonamides is 1. The highest BCUT2D eigenvalue weighted by atomic mass is 79.9. The fourth-order valence-electron chi connectivity index (χ4n) is 1.64. The summed E-state index contributed by atoms with van der Waals surface area (Å²) in [4.78, 5) is 0. The zero-order valence-corrected chi connectivity index (χ0v) is 13.8. The van der Waals surface area contributed by atoms with Crippen molar-refractivity contribution in [2.24, 2.45) is 0 Å². The molecular formula is C13H14BrNO2S2. The molecule has 0 spiro atoms. The van der Waals surface area contributed by atoms with Crippen LogP contribution in [0.15, 0.2) is 44.4 Å². The van der Waals surface area contributed by atoms with E-state index in [0.29, 0.717) is 10.8 Å². The van der Waals surface area contributed by atoms with Crippen molar-refractivity contribution in [3.63, 3.8) is 0 Å².